The number of carbonyl (C=O) groups excluding carboxylic acids is 2. The average Bonchev–Trinajstić information content (AvgIpc) is 3.23. The number of allylic oxidation sites excluding steroid dienone is 7. The van der Waals surface area contributed by atoms with E-state index in [0.29, 0.717) is 17.4 Å². The van der Waals surface area contributed by atoms with Crippen LogP contribution in [0.15, 0.2) is 48.6 Å². The minimum atomic E-state index is -4.68. The number of hydrogen-bond acceptors (Lipinski definition) is 7. The highest BCUT2D eigenvalue weighted by atomic mass is 31.2. The van der Waals surface area contributed by atoms with Crippen LogP contribution >= 0.6 is 7.82 Å². The molecule has 0 aromatic carbocycles. The van der Waals surface area contributed by atoms with E-state index in [2.05, 4.69) is 62.5 Å². The fourth-order valence-electron chi connectivity index (χ4n) is 7.29. The van der Waals surface area contributed by atoms with Crippen molar-refractivity contribution in [2.45, 2.75) is 238 Å². The largest absolute Gasteiger partial charge is 0.756 e. The van der Waals surface area contributed by atoms with Gasteiger partial charge >= 0.3 is 5.97 Å². The Hall–Kier alpha value is -2.03. The van der Waals surface area contributed by atoms with Gasteiger partial charge in [0.25, 0.3) is 7.82 Å². The quantitative estimate of drug-likeness (QED) is 0.0162. The molecule has 10 heteroatoms. The number of rotatable bonds is 46. The third-order valence-corrected chi connectivity index (χ3v) is 12.3. The lowest BCUT2D eigenvalue weighted by Crippen LogP contribution is -2.47. The first-order chi connectivity index (χ1) is 30.4. The summed E-state index contributed by atoms with van der Waals surface area (Å²) in [6.07, 6.45) is 50.7. The van der Waals surface area contributed by atoms with E-state index in [1.807, 2.05) is 33.3 Å². The molecule has 0 aliphatic carbocycles. The molecule has 0 saturated carbocycles. The lowest BCUT2D eigenvalue weighted by Gasteiger charge is -2.30. The molecule has 3 atom stereocenters. The fourth-order valence-corrected chi connectivity index (χ4v) is 8.01. The van der Waals surface area contributed by atoms with Gasteiger partial charge in [0.05, 0.1) is 33.8 Å². The van der Waals surface area contributed by atoms with Crippen LogP contribution in [0.4, 0.5) is 0 Å². The van der Waals surface area contributed by atoms with Crippen LogP contribution in [-0.2, 0) is 27.9 Å². The molecule has 0 rings (SSSR count). The Morgan fingerprint density at radius 2 is 1.02 bits per heavy atom. The van der Waals surface area contributed by atoms with Crippen LogP contribution in [-0.4, -0.2) is 69.4 Å². The van der Waals surface area contributed by atoms with Crippen molar-refractivity contribution >= 4 is 19.7 Å². The molecule has 0 saturated heterocycles. The highest BCUT2D eigenvalue weighted by Crippen LogP contribution is 2.38. The molecular formula is C53H99N2O7P. The van der Waals surface area contributed by atoms with Gasteiger partial charge in [0.1, 0.15) is 19.3 Å². The summed E-state index contributed by atoms with van der Waals surface area (Å²) < 4.78 is 30.1. The second-order valence-corrected chi connectivity index (χ2v) is 20.1. The highest BCUT2D eigenvalue weighted by molar-refractivity contribution is 7.45. The summed E-state index contributed by atoms with van der Waals surface area (Å²) in [7, 11) is 1.18. The molecule has 0 heterocycles. The first-order valence-corrected chi connectivity index (χ1v) is 27.4. The Kier molecular flexibility index (Phi) is 42.4. The molecule has 0 aromatic heterocycles. The van der Waals surface area contributed by atoms with E-state index >= 15 is 0 Å². The fraction of sp³-hybridized carbons (Fsp3) is 0.811. The highest BCUT2D eigenvalue weighted by Gasteiger charge is 2.27. The monoisotopic (exact) mass is 907 g/mol. The number of amides is 1. The summed E-state index contributed by atoms with van der Waals surface area (Å²) in [6, 6.07) is -0.887. The normalized spacial score (nSPS) is 14.3. The zero-order chi connectivity index (χ0) is 46.5. The number of hydrogen-bond donors (Lipinski definition) is 1. The third kappa shape index (κ3) is 44.9. The van der Waals surface area contributed by atoms with Crippen LogP contribution in [0.5, 0.6) is 0 Å². The second kappa shape index (κ2) is 43.8. The summed E-state index contributed by atoms with van der Waals surface area (Å²) in [4.78, 5) is 39.6. The zero-order valence-electron chi connectivity index (χ0n) is 41.8. The van der Waals surface area contributed by atoms with Gasteiger partial charge in [0, 0.05) is 12.8 Å². The van der Waals surface area contributed by atoms with Gasteiger partial charge in [-0.05, 0) is 51.0 Å². The maximum atomic E-state index is 13.4. The Balaban J connectivity index is 5.41. The lowest BCUT2D eigenvalue weighted by atomic mass is 10.0. The number of likely N-dealkylation sites (N-methyl/N-ethyl adjacent to an activating group) is 1. The molecule has 0 spiro atoms. The third-order valence-electron chi connectivity index (χ3n) is 11.3. The van der Waals surface area contributed by atoms with Crippen molar-refractivity contribution in [3.05, 3.63) is 48.6 Å². The molecule has 63 heavy (non-hydrogen) atoms. The molecule has 368 valence electrons. The van der Waals surface area contributed by atoms with Crippen LogP contribution in [0.2, 0.25) is 0 Å². The topological polar surface area (TPSA) is 114 Å². The van der Waals surface area contributed by atoms with Gasteiger partial charge < -0.3 is 28.5 Å². The maximum absolute atomic E-state index is 13.4. The van der Waals surface area contributed by atoms with Gasteiger partial charge in [-0.2, -0.15) is 0 Å². The molecule has 0 aliphatic rings. The van der Waals surface area contributed by atoms with Crippen molar-refractivity contribution in [1.82, 2.24) is 5.32 Å². The SMILES string of the molecule is CC/C=C/C=C/C=C/CCCCCCCCCC(=O)OC(/C=C/CCCCCCCCCCC)C(COP(=O)([O-])OCC[N+](C)(C)C)NC(=O)CCCCCCCCCCCCC. The summed E-state index contributed by atoms with van der Waals surface area (Å²) >= 11 is 0. The Morgan fingerprint density at radius 3 is 1.51 bits per heavy atom. The first-order valence-electron chi connectivity index (χ1n) is 26.0. The standard InChI is InChI=1S/C53H99N2O7P/c1-7-10-13-16-19-22-25-26-27-28-31-34-37-40-43-46-53(57)62-51(44-41-38-35-32-29-23-20-17-14-11-8-2)50(49-61-63(58,59)60-48-47-55(4,5)6)54-52(56)45-42-39-36-33-30-24-21-18-15-12-9-3/h10,13,16,19,22,25,41,44,50-51H,7-9,11-12,14-15,17-18,20-21,23-24,26-40,42-43,45-49H2,1-6H3,(H-,54,56,58,59)/b13-10+,19-16+,25-22+,44-41+. The van der Waals surface area contributed by atoms with Crippen molar-refractivity contribution in [3.63, 3.8) is 0 Å². The summed E-state index contributed by atoms with van der Waals surface area (Å²) in [6.45, 7) is 6.68. The summed E-state index contributed by atoms with van der Waals surface area (Å²) in [5.74, 6) is -0.555. The van der Waals surface area contributed by atoms with Gasteiger partial charge in [-0.3, -0.25) is 14.2 Å². The number of carbonyl (C=O) groups is 2. The number of esters is 1. The molecule has 0 radical (unpaired) electrons. The van der Waals surface area contributed by atoms with Gasteiger partial charge in [0.2, 0.25) is 5.91 Å². The van der Waals surface area contributed by atoms with Crippen LogP contribution in [0, 0.1) is 0 Å². The summed E-state index contributed by atoms with van der Waals surface area (Å²) in [5, 5.41) is 3.00. The van der Waals surface area contributed by atoms with E-state index in [4.69, 9.17) is 13.8 Å². The molecule has 9 nitrogen and oxygen atoms in total. The van der Waals surface area contributed by atoms with Crippen LogP contribution in [0.1, 0.15) is 226 Å². The van der Waals surface area contributed by atoms with Crippen LogP contribution in [0.3, 0.4) is 0 Å². The van der Waals surface area contributed by atoms with Crippen molar-refractivity contribution in [2.75, 3.05) is 40.9 Å². The van der Waals surface area contributed by atoms with E-state index in [-0.39, 0.29) is 24.9 Å². The predicted octanol–water partition coefficient (Wildman–Crippen LogP) is 14.4. The Labute approximate surface area is 388 Å². The molecule has 0 aliphatic heterocycles. The molecule has 0 aromatic rings. The smallest absolute Gasteiger partial charge is 0.306 e. The predicted molar refractivity (Wildman–Crippen MR) is 266 cm³/mol. The van der Waals surface area contributed by atoms with Crippen molar-refractivity contribution < 1.29 is 37.3 Å². The molecule has 1 N–H and O–H groups in total. The van der Waals surface area contributed by atoms with E-state index in [9.17, 15) is 19.0 Å². The minimum absolute atomic E-state index is 0.0240. The number of phosphoric acid groups is 1. The van der Waals surface area contributed by atoms with Crippen LogP contribution < -0.4 is 10.2 Å². The minimum Gasteiger partial charge on any atom is -0.756 e. The van der Waals surface area contributed by atoms with Gasteiger partial charge in [0.15, 0.2) is 0 Å². The van der Waals surface area contributed by atoms with E-state index < -0.39 is 26.6 Å². The molecule has 0 bridgehead atoms. The van der Waals surface area contributed by atoms with E-state index in [1.54, 1.807) is 0 Å². The van der Waals surface area contributed by atoms with Gasteiger partial charge in [-0.1, -0.05) is 211 Å². The number of phosphoric ester groups is 1. The van der Waals surface area contributed by atoms with Crippen molar-refractivity contribution in [2.24, 2.45) is 0 Å². The molecule has 1 amide bonds. The molecule has 0 fully saturated rings. The molecular weight excluding hydrogens is 808 g/mol. The second-order valence-electron chi connectivity index (χ2n) is 18.7. The Bertz CT molecular complexity index is 1230. The lowest BCUT2D eigenvalue weighted by molar-refractivity contribution is -0.870. The number of ether oxygens (including phenoxy) is 1. The van der Waals surface area contributed by atoms with E-state index in [0.717, 1.165) is 77.0 Å². The number of quaternary nitrogens is 1. The van der Waals surface area contributed by atoms with Gasteiger partial charge in [-0.25, -0.2) is 0 Å². The summed E-state index contributed by atoms with van der Waals surface area (Å²) in [5.41, 5.74) is 0. The maximum Gasteiger partial charge on any atom is 0.306 e. The van der Waals surface area contributed by atoms with Gasteiger partial charge in [-0.15, -0.1) is 0 Å². The zero-order valence-corrected chi connectivity index (χ0v) is 42.7. The average molecular weight is 907 g/mol. The number of nitrogens with one attached hydrogen (secondary N) is 1. The number of unbranched alkanes of at least 4 members (excludes halogenated alkanes) is 26. The molecule has 3 unspecified atom stereocenters. The van der Waals surface area contributed by atoms with Crippen molar-refractivity contribution in [3.8, 4) is 0 Å². The van der Waals surface area contributed by atoms with Crippen molar-refractivity contribution in [1.29, 1.82) is 0 Å². The Morgan fingerprint density at radius 1 is 0.571 bits per heavy atom. The van der Waals surface area contributed by atoms with E-state index in [1.165, 1.54) is 116 Å². The van der Waals surface area contributed by atoms with Crippen LogP contribution in [0.25, 0.3) is 0 Å². The number of nitrogens with zero attached hydrogens (tertiary/aromatic N) is 1. The first kappa shape index (κ1) is 61.0.